The van der Waals surface area contributed by atoms with Gasteiger partial charge in [-0.05, 0) is 17.5 Å². The fourth-order valence-corrected chi connectivity index (χ4v) is 2.95. The van der Waals surface area contributed by atoms with E-state index in [1.807, 2.05) is 67.6 Å². The van der Waals surface area contributed by atoms with Gasteiger partial charge in [0.2, 0.25) is 5.91 Å². The number of hydrogen-bond acceptors (Lipinski definition) is 2. The third-order valence-corrected chi connectivity index (χ3v) is 4.33. The number of carboxylic acid groups (broad SMARTS) is 1. The predicted octanol–water partition coefficient (Wildman–Crippen LogP) is 3.83. The minimum absolute atomic E-state index is 0.0446. The van der Waals surface area contributed by atoms with E-state index in [9.17, 15) is 14.7 Å². The maximum absolute atomic E-state index is 12.4. The molecule has 0 aromatic heterocycles. The Morgan fingerprint density at radius 1 is 0.960 bits per heavy atom. The van der Waals surface area contributed by atoms with E-state index in [1.165, 1.54) is 0 Å². The van der Waals surface area contributed by atoms with E-state index in [0.717, 1.165) is 17.5 Å². The molecule has 2 N–H and O–H groups in total. The van der Waals surface area contributed by atoms with Crippen molar-refractivity contribution in [3.63, 3.8) is 0 Å². The SMILES string of the molecule is CCCC(CNC(=O)CC(c1ccccc1)c1ccccc1)C(=O)O. The average molecular weight is 339 g/mol. The van der Waals surface area contributed by atoms with Crippen LogP contribution in [0.4, 0.5) is 0 Å². The van der Waals surface area contributed by atoms with Crippen LogP contribution in [0.2, 0.25) is 0 Å². The van der Waals surface area contributed by atoms with Crippen LogP contribution in [0.25, 0.3) is 0 Å². The highest BCUT2D eigenvalue weighted by molar-refractivity contribution is 5.78. The fourth-order valence-electron chi connectivity index (χ4n) is 2.95. The molecule has 1 amide bonds. The molecule has 2 aromatic carbocycles. The van der Waals surface area contributed by atoms with E-state index < -0.39 is 11.9 Å². The highest BCUT2D eigenvalue weighted by Crippen LogP contribution is 2.27. The Labute approximate surface area is 148 Å². The molecule has 132 valence electrons. The number of benzene rings is 2. The van der Waals surface area contributed by atoms with Crippen molar-refractivity contribution in [3.05, 3.63) is 71.8 Å². The van der Waals surface area contributed by atoms with Gasteiger partial charge in [-0.3, -0.25) is 9.59 Å². The number of amides is 1. The summed E-state index contributed by atoms with van der Waals surface area (Å²) in [6.45, 7) is 2.12. The number of rotatable bonds is 9. The summed E-state index contributed by atoms with van der Waals surface area (Å²) in [4.78, 5) is 23.6. The van der Waals surface area contributed by atoms with E-state index in [4.69, 9.17) is 0 Å². The van der Waals surface area contributed by atoms with Gasteiger partial charge in [-0.1, -0.05) is 74.0 Å². The van der Waals surface area contributed by atoms with Crippen molar-refractivity contribution in [1.29, 1.82) is 0 Å². The first-order chi connectivity index (χ1) is 12.1. The number of carbonyl (C=O) groups excluding carboxylic acids is 1. The van der Waals surface area contributed by atoms with Crippen molar-refractivity contribution in [3.8, 4) is 0 Å². The van der Waals surface area contributed by atoms with E-state index in [0.29, 0.717) is 12.8 Å². The number of carboxylic acids is 1. The zero-order valence-electron chi connectivity index (χ0n) is 14.5. The van der Waals surface area contributed by atoms with Crippen LogP contribution < -0.4 is 5.32 Å². The van der Waals surface area contributed by atoms with Gasteiger partial charge in [0, 0.05) is 18.9 Å². The first kappa shape index (κ1) is 18.7. The number of aliphatic carboxylic acids is 1. The zero-order valence-corrected chi connectivity index (χ0v) is 14.5. The van der Waals surface area contributed by atoms with Crippen molar-refractivity contribution in [2.45, 2.75) is 32.1 Å². The Bertz CT molecular complexity index is 631. The molecule has 0 radical (unpaired) electrons. The van der Waals surface area contributed by atoms with Gasteiger partial charge in [0.15, 0.2) is 0 Å². The third-order valence-electron chi connectivity index (χ3n) is 4.33. The largest absolute Gasteiger partial charge is 0.481 e. The van der Waals surface area contributed by atoms with E-state index >= 15 is 0 Å². The monoisotopic (exact) mass is 339 g/mol. The molecular weight excluding hydrogens is 314 g/mol. The molecule has 1 atom stereocenters. The predicted molar refractivity (Wildman–Crippen MR) is 98.4 cm³/mol. The van der Waals surface area contributed by atoms with Gasteiger partial charge in [-0.15, -0.1) is 0 Å². The molecule has 0 heterocycles. The summed E-state index contributed by atoms with van der Waals surface area (Å²) in [5, 5.41) is 12.0. The van der Waals surface area contributed by atoms with Crippen molar-refractivity contribution in [2.75, 3.05) is 6.54 Å². The summed E-state index contributed by atoms with van der Waals surface area (Å²) in [5.41, 5.74) is 2.15. The maximum atomic E-state index is 12.4. The average Bonchev–Trinajstić information content (AvgIpc) is 2.64. The van der Waals surface area contributed by atoms with Crippen LogP contribution in [0.3, 0.4) is 0 Å². The summed E-state index contributed by atoms with van der Waals surface area (Å²) in [5.74, 6) is -1.55. The van der Waals surface area contributed by atoms with E-state index in [1.54, 1.807) is 0 Å². The van der Waals surface area contributed by atoms with Crippen LogP contribution in [0, 0.1) is 5.92 Å². The number of carbonyl (C=O) groups is 2. The van der Waals surface area contributed by atoms with Crippen LogP contribution in [-0.2, 0) is 9.59 Å². The molecule has 2 aromatic rings. The van der Waals surface area contributed by atoms with E-state index in [-0.39, 0.29) is 18.4 Å². The smallest absolute Gasteiger partial charge is 0.308 e. The Morgan fingerprint density at radius 2 is 1.48 bits per heavy atom. The Balaban J connectivity index is 2.07. The fraction of sp³-hybridized carbons (Fsp3) is 0.333. The lowest BCUT2D eigenvalue weighted by Gasteiger charge is -2.19. The first-order valence-corrected chi connectivity index (χ1v) is 8.71. The molecule has 0 saturated heterocycles. The van der Waals surface area contributed by atoms with Crippen molar-refractivity contribution in [2.24, 2.45) is 5.92 Å². The van der Waals surface area contributed by atoms with Crippen LogP contribution in [0.15, 0.2) is 60.7 Å². The summed E-state index contributed by atoms with van der Waals surface area (Å²) in [6, 6.07) is 19.8. The van der Waals surface area contributed by atoms with Gasteiger partial charge in [0.05, 0.1) is 5.92 Å². The quantitative estimate of drug-likeness (QED) is 0.730. The first-order valence-electron chi connectivity index (χ1n) is 8.71. The maximum Gasteiger partial charge on any atom is 0.308 e. The molecule has 4 heteroatoms. The molecule has 0 bridgehead atoms. The van der Waals surface area contributed by atoms with Crippen molar-refractivity contribution >= 4 is 11.9 Å². The second-order valence-electron chi connectivity index (χ2n) is 6.21. The summed E-state index contributed by atoms with van der Waals surface area (Å²) in [7, 11) is 0. The minimum Gasteiger partial charge on any atom is -0.481 e. The lowest BCUT2D eigenvalue weighted by Crippen LogP contribution is -2.33. The lowest BCUT2D eigenvalue weighted by atomic mass is 9.88. The highest BCUT2D eigenvalue weighted by atomic mass is 16.4. The molecule has 25 heavy (non-hydrogen) atoms. The third kappa shape index (κ3) is 5.75. The van der Waals surface area contributed by atoms with Gasteiger partial charge in [-0.25, -0.2) is 0 Å². The lowest BCUT2D eigenvalue weighted by molar-refractivity contribution is -0.141. The summed E-state index contributed by atoms with van der Waals surface area (Å²) < 4.78 is 0. The van der Waals surface area contributed by atoms with Crippen LogP contribution in [0.5, 0.6) is 0 Å². The minimum atomic E-state index is -0.857. The van der Waals surface area contributed by atoms with Crippen LogP contribution in [0.1, 0.15) is 43.2 Å². The summed E-state index contributed by atoms with van der Waals surface area (Å²) >= 11 is 0. The molecule has 0 aliphatic carbocycles. The highest BCUT2D eigenvalue weighted by Gasteiger charge is 2.21. The number of hydrogen-bond donors (Lipinski definition) is 2. The molecule has 0 spiro atoms. The molecule has 0 aliphatic heterocycles. The molecule has 0 aliphatic rings. The molecular formula is C21H25NO3. The Hall–Kier alpha value is -2.62. The van der Waals surface area contributed by atoms with E-state index in [2.05, 4.69) is 5.32 Å². The second-order valence-corrected chi connectivity index (χ2v) is 6.21. The zero-order chi connectivity index (χ0) is 18.1. The van der Waals surface area contributed by atoms with Gasteiger partial charge in [-0.2, -0.15) is 0 Å². The molecule has 2 rings (SSSR count). The molecule has 0 saturated carbocycles. The van der Waals surface area contributed by atoms with Crippen molar-refractivity contribution in [1.82, 2.24) is 5.32 Å². The van der Waals surface area contributed by atoms with Gasteiger partial charge >= 0.3 is 5.97 Å². The standard InChI is InChI=1S/C21H25NO3/c1-2-9-18(21(24)25)15-22-20(23)14-19(16-10-5-3-6-11-16)17-12-7-4-8-13-17/h3-8,10-13,18-19H,2,9,14-15H2,1H3,(H,22,23)(H,24,25). The van der Waals surface area contributed by atoms with Gasteiger partial charge < -0.3 is 10.4 Å². The molecule has 0 fully saturated rings. The Morgan fingerprint density at radius 3 is 1.92 bits per heavy atom. The normalized spacial score (nSPS) is 11.9. The summed E-state index contributed by atoms with van der Waals surface area (Å²) in [6.07, 6.45) is 1.65. The topological polar surface area (TPSA) is 66.4 Å². The Kier molecular flexibility index (Phi) is 7.20. The van der Waals surface area contributed by atoms with Gasteiger partial charge in [0.1, 0.15) is 0 Å². The molecule has 4 nitrogen and oxygen atoms in total. The number of nitrogens with one attached hydrogen (secondary N) is 1. The van der Waals surface area contributed by atoms with Gasteiger partial charge in [0.25, 0.3) is 0 Å². The second kappa shape index (κ2) is 9.62. The van der Waals surface area contributed by atoms with Crippen molar-refractivity contribution < 1.29 is 14.7 Å². The van der Waals surface area contributed by atoms with Crippen LogP contribution in [-0.4, -0.2) is 23.5 Å². The molecule has 1 unspecified atom stereocenters. The van der Waals surface area contributed by atoms with Crippen LogP contribution >= 0.6 is 0 Å².